The van der Waals surface area contributed by atoms with E-state index in [1.54, 1.807) is 18.2 Å². The minimum Gasteiger partial charge on any atom is -0.865 e. The van der Waals surface area contributed by atoms with Gasteiger partial charge in [-0.05, 0) is 23.8 Å². The van der Waals surface area contributed by atoms with Crippen molar-refractivity contribution in [2.24, 2.45) is 0 Å². The van der Waals surface area contributed by atoms with E-state index in [1.807, 2.05) is 0 Å². The minimum absolute atomic E-state index is 0.0742. The summed E-state index contributed by atoms with van der Waals surface area (Å²) in [7, 11) is 0. The highest BCUT2D eigenvalue weighted by Crippen LogP contribution is 2.19. The van der Waals surface area contributed by atoms with Gasteiger partial charge in [0, 0.05) is 11.8 Å². The molecule has 0 amide bonds. The van der Waals surface area contributed by atoms with Crippen LogP contribution in [0.2, 0.25) is 0 Å². The van der Waals surface area contributed by atoms with Gasteiger partial charge in [-0.3, -0.25) is 0 Å². The molecule has 0 saturated carbocycles. The van der Waals surface area contributed by atoms with Gasteiger partial charge in [0.25, 0.3) is 0 Å². The van der Waals surface area contributed by atoms with Crippen LogP contribution in [-0.2, 0) is 0 Å². The van der Waals surface area contributed by atoms with E-state index in [1.165, 1.54) is 18.2 Å². The number of aromatic hydroxyl groups is 2. The van der Waals surface area contributed by atoms with E-state index in [-0.39, 0.29) is 11.5 Å². The summed E-state index contributed by atoms with van der Waals surface area (Å²) in [6.45, 7) is 0. The van der Waals surface area contributed by atoms with Crippen molar-refractivity contribution in [2.45, 2.75) is 0 Å². The van der Waals surface area contributed by atoms with Crippen LogP contribution in [0.4, 0.5) is 0 Å². The van der Waals surface area contributed by atoms with E-state index >= 15 is 0 Å². The molecule has 5 nitrogen and oxygen atoms in total. The molecule has 2 aromatic rings. The average molecular weight is 245 g/mol. The molecule has 0 fully saturated rings. The Labute approximate surface area is 102 Å². The van der Waals surface area contributed by atoms with Crippen molar-refractivity contribution in [1.82, 2.24) is 0 Å². The van der Waals surface area contributed by atoms with Crippen LogP contribution in [-0.4, -0.2) is 10.2 Å². The maximum absolute atomic E-state index is 11.0. The molecule has 0 spiro atoms. The fraction of sp³-hybridized carbons (Fsp3) is 0. The molecule has 18 heavy (non-hydrogen) atoms. The molecule has 0 aliphatic heterocycles. The maximum atomic E-state index is 11.0. The van der Waals surface area contributed by atoms with Gasteiger partial charge in [0.1, 0.15) is 17.3 Å². The molecule has 0 bridgehead atoms. The van der Waals surface area contributed by atoms with Gasteiger partial charge in [0.2, 0.25) is 0 Å². The first-order chi connectivity index (χ1) is 8.56. The molecule has 0 atom stereocenters. The van der Waals surface area contributed by atoms with E-state index in [4.69, 9.17) is 5.11 Å². The van der Waals surface area contributed by atoms with E-state index in [2.05, 4.69) is 4.42 Å². The molecule has 0 aliphatic rings. The molecule has 5 heteroatoms. The van der Waals surface area contributed by atoms with Crippen molar-refractivity contribution in [2.75, 3.05) is 0 Å². The van der Waals surface area contributed by atoms with E-state index in [0.717, 1.165) is 11.6 Å². The number of hydrogen-bond acceptors (Lipinski definition) is 5. The third-order valence-electron chi connectivity index (χ3n) is 2.24. The van der Waals surface area contributed by atoms with Crippen molar-refractivity contribution >= 4 is 12.2 Å². The van der Waals surface area contributed by atoms with Crippen LogP contribution in [0.3, 0.4) is 0 Å². The highest BCUT2D eigenvalue weighted by atomic mass is 16.4. The van der Waals surface area contributed by atoms with Gasteiger partial charge in [0.15, 0.2) is 0 Å². The zero-order chi connectivity index (χ0) is 13.1. The normalized spacial score (nSPS) is 10.9. The Hall–Kier alpha value is -2.69. The number of phenols is 1. The van der Waals surface area contributed by atoms with Crippen LogP contribution in [0.15, 0.2) is 39.5 Å². The number of rotatable bonds is 2. The SMILES string of the molecule is O=c1oc(/C=C/c2ccc(O)cc2)cc(O)c1[O-]. The molecule has 0 saturated heterocycles. The van der Waals surface area contributed by atoms with Crippen molar-refractivity contribution in [3.8, 4) is 17.2 Å². The van der Waals surface area contributed by atoms with Crippen LogP contribution in [0.5, 0.6) is 17.2 Å². The summed E-state index contributed by atoms with van der Waals surface area (Å²) in [5, 5.41) is 29.2. The summed E-state index contributed by atoms with van der Waals surface area (Å²) >= 11 is 0. The second-order valence-corrected chi connectivity index (χ2v) is 3.58. The molecule has 0 unspecified atom stereocenters. The van der Waals surface area contributed by atoms with Crippen LogP contribution in [0.25, 0.3) is 12.2 Å². The molecule has 0 radical (unpaired) electrons. The lowest BCUT2D eigenvalue weighted by Crippen LogP contribution is -2.08. The lowest BCUT2D eigenvalue weighted by atomic mass is 10.2. The predicted molar refractivity (Wildman–Crippen MR) is 63.1 cm³/mol. The molecule has 1 aromatic carbocycles. The zero-order valence-corrected chi connectivity index (χ0v) is 9.16. The van der Waals surface area contributed by atoms with Crippen molar-refractivity contribution in [1.29, 1.82) is 0 Å². The van der Waals surface area contributed by atoms with Gasteiger partial charge in [-0.2, -0.15) is 0 Å². The summed E-state index contributed by atoms with van der Waals surface area (Å²) in [5.41, 5.74) is -0.346. The fourth-order valence-corrected chi connectivity index (χ4v) is 1.33. The molecule has 92 valence electrons. The standard InChI is InChI=1S/C13H10O5/c14-9-4-1-8(2-5-9)3-6-10-7-11(15)12(16)13(17)18-10/h1-7,14-16H/p-1/b6-3+. The largest absolute Gasteiger partial charge is 0.865 e. The molecule has 2 rings (SSSR count). The minimum atomic E-state index is -1.11. The third-order valence-corrected chi connectivity index (χ3v) is 2.24. The second-order valence-electron chi connectivity index (χ2n) is 3.58. The molecule has 1 aromatic heterocycles. The summed E-state index contributed by atoms with van der Waals surface area (Å²) < 4.78 is 4.67. The van der Waals surface area contributed by atoms with Crippen LogP contribution < -0.4 is 10.7 Å². The van der Waals surface area contributed by atoms with Crippen LogP contribution in [0.1, 0.15) is 11.3 Å². The highest BCUT2D eigenvalue weighted by molar-refractivity contribution is 5.68. The smallest absolute Gasteiger partial charge is 0.331 e. The Kier molecular flexibility index (Phi) is 3.05. The molecule has 1 heterocycles. The van der Waals surface area contributed by atoms with E-state index < -0.39 is 17.1 Å². The van der Waals surface area contributed by atoms with Gasteiger partial charge in [-0.1, -0.05) is 18.2 Å². The van der Waals surface area contributed by atoms with Gasteiger partial charge in [-0.25, -0.2) is 4.79 Å². The van der Waals surface area contributed by atoms with Gasteiger partial charge >= 0.3 is 5.63 Å². The third kappa shape index (κ3) is 2.52. The summed E-state index contributed by atoms with van der Waals surface area (Å²) in [6, 6.07) is 7.40. The fourth-order valence-electron chi connectivity index (χ4n) is 1.33. The van der Waals surface area contributed by atoms with Gasteiger partial charge in [-0.15, -0.1) is 0 Å². The second kappa shape index (κ2) is 4.67. The zero-order valence-electron chi connectivity index (χ0n) is 9.16. The number of phenolic OH excluding ortho intramolecular Hbond substituents is 1. The maximum Gasteiger partial charge on any atom is 0.331 e. The Morgan fingerprint density at radius 3 is 2.39 bits per heavy atom. The monoisotopic (exact) mass is 245 g/mol. The predicted octanol–water partition coefficient (Wildman–Crippen LogP) is 1.29. The Balaban J connectivity index is 2.29. The first kappa shape index (κ1) is 11.8. The lowest BCUT2D eigenvalue weighted by Gasteiger charge is -2.05. The average Bonchev–Trinajstić information content (AvgIpc) is 2.35. The van der Waals surface area contributed by atoms with Gasteiger partial charge < -0.3 is 19.7 Å². The first-order valence-corrected chi connectivity index (χ1v) is 5.07. The first-order valence-electron chi connectivity index (χ1n) is 5.07. The van der Waals surface area contributed by atoms with Crippen molar-refractivity contribution in [3.63, 3.8) is 0 Å². The molecular formula is C13H9O5-. The Morgan fingerprint density at radius 2 is 1.78 bits per heavy atom. The van der Waals surface area contributed by atoms with Crippen LogP contribution in [0, 0.1) is 0 Å². The van der Waals surface area contributed by atoms with Crippen molar-refractivity contribution in [3.05, 3.63) is 52.1 Å². The quantitative estimate of drug-likeness (QED) is 0.831. The van der Waals surface area contributed by atoms with Crippen molar-refractivity contribution < 1.29 is 19.7 Å². The number of hydrogen-bond donors (Lipinski definition) is 2. The Bertz CT molecular complexity index is 637. The van der Waals surface area contributed by atoms with E-state index in [9.17, 15) is 15.0 Å². The molecule has 0 aliphatic carbocycles. The van der Waals surface area contributed by atoms with Gasteiger partial charge in [0.05, 0.1) is 0 Å². The summed E-state index contributed by atoms with van der Waals surface area (Å²) in [4.78, 5) is 11.0. The molecular weight excluding hydrogens is 236 g/mol. The summed E-state index contributed by atoms with van der Waals surface area (Å²) in [6.07, 6.45) is 3.05. The lowest BCUT2D eigenvalue weighted by molar-refractivity contribution is -0.274. The topological polar surface area (TPSA) is 93.7 Å². The van der Waals surface area contributed by atoms with Crippen LogP contribution >= 0.6 is 0 Å². The highest BCUT2D eigenvalue weighted by Gasteiger charge is 2.00. The van der Waals surface area contributed by atoms with E-state index in [0.29, 0.717) is 0 Å². The Morgan fingerprint density at radius 1 is 1.11 bits per heavy atom. The number of benzene rings is 1. The molecule has 2 N–H and O–H groups in total. The summed E-state index contributed by atoms with van der Waals surface area (Å²) in [5.74, 6) is -1.48.